The van der Waals surface area contributed by atoms with Gasteiger partial charge in [0.25, 0.3) is 0 Å². The molecule has 2 heterocycles. The van der Waals surface area contributed by atoms with Crippen molar-refractivity contribution in [2.24, 2.45) is 0 Å². The van der Waals surface area contributed by atoms with Crippen molar-refractivity contribution < 1.29 is 9.59 Å². The molecule has 0 radical (unpaired) electrons. The monoisotopic (exact) mass is 328 g/mol. The molecule has 1 N–H and O–H groups in total. The van der Waals surface area contributed by atoms with Crippen LogP contribution in [0, 0.1) is 0 Å². The van der Waals surface area contributed by atoms with Crippen molar-refractivity contribution >= 4 is 35.3 Å². The fraction of sp³-hybridized carbons (Fsp3) is 0.867. The molecule has 0 aromatic carbocycles. The maximum absolute atomic E-state index is 13.0. The van der Waals surface area contributed by atoms with E-state index in [-0.39, 0.29) is 17.9 Å². The van der Waals surface area contributed by atoms with Crippen LogP contribution in [0.25, 0.3) is 0 Å². The zero-order valence-electron chi connectivity index (χ0n) is 12.6. The molecule has 118 valence electrons. The van der Waals surface area contributed by atoms with Crippen LogP contribution >= 0.6 is 23.5 Å². The molecule has 2 aliphatic heterocycles. The van der Waals surface area contributed by atoms with Crippen molar-refractivity contribution in [3.8, 4) is 0 Å². The van der Waals surface area contributed by atoms with Crippen LogP contribution in [-0.2, 0) is 9.59 Å². The van der Waals surface area contributed by atoms with Crippen LogP contribution in [0.2, 0.25) is 0 Å². The summed E-state index contributed by atoms with van der Waals surface area (Å²) in [5.74, 6) is 3.66. The van der Waals surface area contributed by atoms with E-state index in [1.165, 1.54) is 12.2 Å². The van der Waals surface area contributed by atoms with Crippen LogP contribution in [0.4, 0.5) is 0 Å². The van der Waals surface area contributed by atoms with Gasteiger partial charge in [-0.05, 0) is 19.8 Å². The van der Waals surface area contributed by atoms with E-state index in [0.29, 0.717) is 5.25 Å². The average molecular weight is 329 g/mol. The number of piperazine rings is 1. The van der Waals surface area contributed by atoms with Crippen molar-refractivity contribution in [3.05, 3.63) is 0 Å². The second-order valence-electron chi connectivity index (χ2n) is 6.33. The van der Waals surface area contributed by atoms with Crippen LogP contribution < -0.4 is 5.32 Å². The summed E-state index contributed by atoms with van der Waals surface area (Å²) in [5.41, 5.74) is -0.589. The Morgan fingerprint density at radius 2 is 2.00 bits per heavy atom. The number of hydrogen-bond donors (Lipinski definition) is 1. The van der Waals surface area contributed by atoms with Crippen molar-refractivity contribution in [2.75, 3.05) is 23.8 Å². The SMILES string of the molecule is CC1C(=O)NC2(CCCCC2)C(=O)N1CC1CSCCS1. The molecule has 21 heavy (non-hydrogen) atoms. The Hall–Kier alpha value is -0.360. The van der Waals surface area contributed by atoms with E-state index in [1.54, 1.807) is 0 Å². The van der Waals surface area contributed by atoms with E-state index < -0.39 is 5.54 Å². The smallest absolute Gasteiger partial charge is 0.249 e. The van der Waals surface area contributed by atoms with E-state index >= 15 is 0 Å². The lowest BCUT2D eigenvalue weighted by Gasteiger charge is -2.47. The van der Waals surface area contributed by atoms with Gasteiger partial charge < -0.3 is 10.2 Å². The van der Waals surface area contributed by atoms with Crippen LogP contribution in [-0.4, -0.2) is 57.3 Å². The number of carbonyl (C=O) groups is 2. The Bertz CT molecular complexity index is 418. The molecule has 3 fully saturated rings. The minimum atomic E-state index is -0.589. The standard InChI is InChI=1S/C15H24N2O2S2/c1-11-13(18)16-15(5-3-2-4-6-15)14(19)17(11)9-12-10-20-7-8-21-12/h11-12H,2-10H2,1H3,(H,16,18). The quantitative estimate of drug-likeness (QED) is 0.841. The molecule has 0 aromatic heterocycles. The highest BCUT2D eigenvalue weighted by atomic mass is 32.2. The summed E-state index contributed by atoms with van der Waals surface area (Å²) >= 11 is 3.91. The molecule has 6 heteroatoms. The molecule has 1 spiro atoms. The van der Waals surface area contributed by atoms with Gasteiger partial charge in [-0.15, -0.1) is 0 Å². The van der Waals surface area contributed by atoms with Crippen molar-refractivity contribution in [3.63, 3.8) is 0 Å². The number of nitrogens with zero attached hydrogens (tertiary/aromatic N) is 1. The Kier molecular flexibility index (Phi) is 4.74. The summed E-state index contributed by atoms with van der Waals surface area (Å²) in [6.07, 6.45) is 4.89. The fourth-order valence-corrected chi connectivity index (χ4v) is 6.25. The molecule has 2 unspecified atom stereocenters. The molecule has 3 rings (SSSR count). The van der Waals surface area contributed by atoms with E-state index in [2.05, 4.69) is 5.32 Å². The summed E-state index contributed by atoms with van der Waals surface area (Å²) in [5, 5.41) is 3.53. The number of rotatable bonds is 2. The largest absolute Gasteiger partial charge is 0.340 e. The van der Waals surface area contributed by atoms with Gasteiger partial charge >= 0.3 is 0 Å². The molecule has 1 saturated carbocycles. The molecule has 1 aliphatic carbocycles. The highest BCUT2D eigenvalue weighted by Gasteiger charge is 2.50. The van der Waals surface area contributed by atoms with Crippen molar-refractivity contribution in [2.45, 2.75) is 55.9 Å². The third-order valence-electron chi connectivity index (χ3n) is 4.87. The van der Waals surface area contributed by atoms with Gasteiger partial charge in [-0.3, -0.25) is 9.59 Å². The number of amides is 2. The summed E-state index contributed by atoms with van der Waals surface area (Å²) in [6.45, 7) is 2.59. The van der Waals surface area contributed by atoms with E-state index in [0.717, 1.165) is 43.7 Å². The Labute approximate surface area is 135 Å². The minimum absolute atomic E-state index is 0.0324. The lowest BCUT2D eigenvalue weighted by Crippen LogP contribution is -2.70. The van der Waals surface area contributed by atoms with E-state index in [4.69, 9.17) is 0 Å². The number of nitrogens with one attached hydrogen (secondary N) is 1. The van der Waals surface area contributed by atoms with Gasteiger partial charge in [-0.1, -0.05) is 19.3 Å². The number of thioether (sulfide) groups is 2. The Morgan fingerprint density at radius 3 is 2.67 bits per heavy atom. The zero-order valence-corrected chi connectivity index (χ0v) is 14.2. The van der Waals surface area contributed by atoms with Crippen molar-refractivity contribution in [1.82, 2.24) is 10.2 Å². The molecule has 0 bridgehead atoms. The molecule has 3 aliphatic rings. The predicted octanol–water partition coefficient (Wildman–Crippen LogP) is 1.88. The Balaban J connectivity index is 1.76. The molecule has 2 saturated heterocycles. The average Bonchev–Trinajstić information content (AvgIpc) is 2.52. The predicted molar refractivity (Wildman–Crippen MR) is 88.7 cm³/mol. The fourth-order valence-electron chi connectivity index (χ4n) is 3.58. The minimum Gasteiger partial charge on any atom is -0.340 e. The third kappa shape index (κ3) is 3.07. The first-order chi connectivity index (χ1) is 10.1. The van der Waals surface area contributed by atoms with Crippen LogP contribution in [0.1, 0.15) is 39.0 Å². The first-order valence-electron chi connectivity index (χ1n) is 7.95. The topological polar surface area (TPSA) is 49.4 Å². The summed E-state index contributed by atoms with van der Waals surface area (Å²) in [7, 11) is 0. The molecule has 2 amide bonds. The van der Waals surface area contributed by atoms with Crippen molar-refractivity contribution in [1.29, 1.82) is 0 Å². The van der Waals surface area contributed by atoms with Gasteiger partial charge in [0, 0.05) is 29.1 Å². The van der Waals surface area contributed by atoms with Crippen LogP contribution in [0.15, 0.2) is 0 Å². The normalized spacial score (nSPS) is 33.1. The van der Waals surface area contributed by atoms with E-state index in [1.807, 2.05) is 35.3 Å². The van der Waals surface area contributed by atoms with Gasteiger partial charge in [-0.25, -0.2) is 0 Å². The second-order valence-corrected chi connectivity index (χ2v) is 8.89. The molecule has 0 aromatic rings. The molecule has 2 atom stereocenters. The highest BCUT2D eigenvalue weighted by molar-refractivity contribution is 8.06. The molecular formula is C15H24N2O2S2. The lowest BCUT2D eigenvalue weighted by molar-refractivity contribution is -0.155. The highest BCUT2D eigenvalue weighted by Crippen LogP contribution is 2.34. The van der Waals surface area contributed by atoms with E-state index in [9.17, 15) is 9.59 Å². The third-order valence-corrected chi connectivity index (χ3v) is 7.70. The summed E-state index contributed by atoms with van der Waals surface area (Å²) in [6, 6.07) is -0.322. The summed E-state index contributed by atoms with van der Waals surface area (Å²) < 4.78 is 0. The second kappa shape index (κ2) is 6.41. The van der Waals surface area contributed by atoms with Crippen LogP contribution in [0.3, 0.4) is 0 Å². The molecular weight excluding hydrogens is 304 g/mol. The Morgan fingerprint density at radius 1 is 1.24 bits per heavy atom. The first kappa shape index (κ1) is 15.5. The van der Waals surface area contributed by atoms with Gasteiger partial charge in [0.15, 0.2) is 0 Å². The van der Waals surface area contributed by atoms with Gasteiger partial charge in [-0.2, -0.15) is 23.5 Å². The van der Waals surface area contributed by atoms with Gasteiger partial charge in [0.1, 0.15) is 11.6 Å². The van der Waals surface area contributed by atoms with Gasteiger partial charge in [0.2, 0.25) is 11.8 Å². The van der Waals surface area contributed by atoms with Crippen LogP contribution in [0.5, 0.6) is 0 Å². The number of hydrogen-bond acceptors (Lipinski definition) is 4. The first-order valence-corrected chi connectivity index (χ1v) is 10.2. The van der Waals surface area contributed by atoms with Gasteiger partial charge in [0.05, 0.1) is 0 Å². The molecule has 4 nitrogen and oxygen atoms in total. The zero-order chi connectivity index (χ0) is 14.9. The maximum Gasteiger partial charge on any atom is 0.249 e. The number of carbonyl (C=O) groups excluding carboxylic acids is 2. The maximum atomic E-state index is 13.0. The summed E-state index contributed by atoms with van der Waals surface area (Å²) in [4.78, 5) is 27.2. The lowest BCUT2D eigenvalue weighted by atomic mass is 9.78.